The predicted molar refractivity (Wildman–Crippen MR) is 116 cm³/mol. The number of nitrogens with zero attached hydrogens (tertiary/aromatic N) is 3. The normalized spacial score (nSPS) is 18.8. The van der Waals surface area contributed by atoms with Gasteiger partial charge in [0, 0.05) is 18.8 Å². The molecule has 0 radical (unpaired) electrons. The van der Waals surface area contributed by atoms with Gasteiger partial charge in [-0.25, -0.2) is 13.6 Å². The lowest BCUT2D eigenvalue weighted by Crippen LogP contribution is -2.36. The number of morpholine rings is 1. The molecule has 8 nitrogen and oxygen atoms in total. The van der Waals surface area contributed by atoms with Crippen LogP contribution in [0.4, 0.5) is 11.4 Å². The summed E-state index contributed by atoms with van der Waals surface area (Å²) in [5, 5.41) is 10.7. The highest BCUT2D eigenvalue weighted by Gasteiger charge is 2.28. The number of nitrogens with two attached hydrogens (primary N) is 1. The van der Waals surface area contributed by atoms with E-state index in [1.54, 1.807) is 6.92 Å². The van der Waals surface area contributed by atoms with Crippen molar-refractivity contribution in [1.29, 1.82) is 0 Å². The molecule has 0 spiro atoms. The van der Waals surface area contributed by atoms with Gasteiger partial charge in [0.2, 0.25) is 10.0 Å². The summed E-state index contributed by atoms with van der Waals surface area (Å²) in [5.74, 6) is -0.270. The van der Waals surface area contributed by atoms with Crippen LogP contribution in [0.1, 0.15) is 12.5 Å². The quantitative estimate of drug-likeness (QED) is 0.753. The second-order valence-corrected chi connectivity index (χ2v) is 8.65. The van der Waals surface area contributed by atoms with E-state index in [4.69, 9.17) is 9.88 Å². The standard InChI is InChI=1S/C21H22N4O4S/c1-15-20(14-16-2-4-17(5-3-16)24-10-12-29-13-11-24)21(26)25(23-15)18-6-8-19(9-7-18)30(22,27)28/h2-9,14H,10-13H2,1H3,(H2,22,27,28)/b20-14-. The zero-order chi connectivity index (χ0) is 21.3. The summed E-state index contributed by atoms with van der Waals surface area (Å²) in [6.45, 7) is 4.95. The van der Waals surface area contributed by atoms with Gasteiger partial charge in [-0.3, -0.25) is 4.79 Å². The van der Waals surface area contributed by atoms with Crippen molar-refractivity contribution in [3.05, 3.63) is 59.7 Å². The van der Waals surface area contributed by atoms with E-state index < -0.39 is 10.0 Å². The molecule has 2 aliphatic rings. The first-order valence-corrected chi connectivity index (χ1v) is 11.0. The number of ether oxygens (including phenoxy) is 1. The number of amides is 1. The van der Waals surface area contributed by atoms with E-state index in [9.17, 15) is 13.2 Å². The second kappa shape index (κ2) is 8.02. The molecule has 9 heteroatoms. The summed E-state index contributed by atoms with van der Waals surface area (Å²) in [6.07, 6.45) is 1.81. The number of hydrazone groups is 1. The van der Waals surface area contributed by atoms with E-state index in [1.165, 1.54) is 29.3 Å². The van der Waals surface area contributed by atoms with Gasteiger partial charge in [0.05, 0.1) is 35.1 Å². The van der Waals surface area contributed by atoms with Crippen LogP contribution in [0.5, 0.6) is 0 Å². The molecule has 4 rings (SSSR count). The first-order valence-electron chi connectivity index (χ1n) is 9.50. The minimum absolute atomic E-state index is 0.0188. The van der Waals surface area contributed by atoms with E-state index in [0.717, 1.165) is 37.6 Å². The summed E-state index contributed by atoms with van der Waals surface area (Å²) in [6, 6.07) is 13.7. The SMILES string of the molecule is CC1=NN(c2ccc(S(N)(=O)=O)cc2)C(=O)/C1=C\c1ccc(N2CCOCC2)cc1. The smallest absolute Gasteiger partial charge is 0.280 e. The third-order valence-electron chi connectivity index (χ3n) is 5.05. The molecule has 0 aliphatic carbocycles. The van der Waals surface area contributed by atoms with Gasteiger partial charge in [-0.1, -0.05) is 12.1 Å². The van der Waals surface area contributed by atoms with Crippen molar-refractivity contribution in [3.8, 4) is 0 Å². The van der Waals surface area contributed by atoms with Crippen molar-refractivity contribution in [3.63, 3.8) is 0 Å². The van der Waals surface area contributed by atoms with Gasteiger partial charge in [-0.15, -0.1) is 0 Å². The van der Waals surface area contributed by atoms with E-state index >= 15 is 0 Å². The summed E-state index contributed by atoms with van der Waals surface area (Å²) < 4.78 is 28.2. The molecule has 2 aromatic carbocycles. The topological polar surface area (TPSA) is 105 Å². The highest BCUT2D eigenvalue weighted by molar-refractivity contribution is 7.89. The van der Waals surface area contributed by atoms with Crippen LogP contribution in [-0.4, -0.2) is 46.3 Å². The predicted octanol–water partition coefficient (Wildman–Crippen LogP) is 1.98. The molecule has 2 aromatic rings. The molecule has 0 unspecified atom stereocenters. The molecular weight excluding hydrogens is 404 g/mol. The third-order valence-corrected chi connectivity index (χ3v) is 5.98. The van der Waals surface area contributed by atoms with E-state index in [1.807, 2.05) is 30.3 Å². The first-order chi connectivity index (χ1) is 14.3. The number of rotatable bonds is 4. The Bertz CT molecular complexity index is 1120. The van der Waals surface area contributed by atoms with Crippen molar-refractivity contribution in [2.45, 2.75) is 11.8 Å². The lowest BCUT2D eigenvalue weighted by Gasteiger charge is -2.28. The van der Waals surface area contributed by atoms with Crippen molar-refractivity contribution >= 4 is 39.1 Å². The van der Waals surface area contributed by atoms with Crippen LogP contribution in [0, 0.1) is 0 Å². The van der Waals surface area contributed by atoms with Crippen LogP contribution in [0.2, 0.25) is 0 Å². The molecule has 1 saturated heterocycles. The molecule has 0 bridgehead atoms. The molecule has 2 heterocycles. The lowest BCUT2D eigenvalue weighted by molar-refractivity contribution is -0.114. The van der Waals surface area contributed by atoms with Gasteiger partial charge in [-0.05, 0) is 55.0 Å². The minimum Gasteiger partial charge on any atom is -0.378 e. The Morgan fingerprint density at radius 1 is 1.00 bits per heavy atom. The zero-order valence-corrected chi connectivity index (χ0v) is 17.3. The van der Waals surface area contributed by atoms with Gasteiger partial charge >= 0.3 is 0 Å². The van der Waals surface area contributed by atoms with Gasteiger partial charge in [-0.2, -0.15) is 10.1 Å². The average Bonchev–Trinajstić information content (AvgIpc) is 3.03. The number of hydrogen-bond donors (Lipinski definition) is 1. The molecule has 2 aliphatic heterocycles. The Hall–Kier alpha value is -3.01. The number of carbonyl (C=O) groups excluding carboxylic acids is 1. The number of primary sulfonamides is 1. The maximum Gasteiger partial charge on any atom is 0.280 e. The highest BCUT2D eigenvalue weighted by atomic mass is 32.2. The Labute approximate surface area is 175 Å². The molecule has 30 heavy (non-hydrogen) atoms. The lowest BCUT2D eigenvalue weighted by atomic mass is 10.1. The number of hydrogen-bond acceptors (Lipinski definition) is 6. The maximum absolute atomic E-state index is 12.9. The highest BCUT2D eigenvalue weighted by Crippen LogP contribution is 2.26. The summed E-state index contributed by atoms with van der Waals surface area (Å²) in [7, 11) is -3.79. The fraction of sp³-hybridized carbons (Fsp3) is 0.238. The van der Waals surface area contributed by atoms with Crippen molar-refractivity contribution < 1.29 is 17.9 Å². The van der Waals surface area contributed by atoms with Crippen LogP contribution in [0.3, 0.4) is 0 Å². The molecule has 2 N–H and O–H groups in total. The third kappa shape index (κ3) is 4.13. The Morgan fingerprint density at radius 3 is 2.20 bits per heavy atom. The first kappa shape index (κ1) is 20.3. The molecule has 1 fully saturated rings. The monoisotopic (exact) mass is 426 g/mol. The van der Waals surface area contributed by atoms with Gasteiger partial charge < -0.3 is 9.64 Å². The number of sulfonamides is 1. The Kier molecular flexibility index (Phi) is 5.42. The number of carbonyl (C=O) groups is 1. The number of anilines is 2. The van der Waals surface area contributed by atoms with E-state index in [0.29, 0.717) is 17.0 Å². The van der Waals surface area contributed by atoms with Crippen LogP contribution in [0.25, 0.3) is 6.08 Å². The summed E-state index contributed by atoms with van der Waals surface area (Å²) in [4.78, 5) is 15.1. The largest absolute Gasteiger partial charge is 0.378 e. The van der Waals surface area contributed by atoms with Gasteiger partial charge in [0.1, 0.15) is 0 Å². The van der Waals surface area contributed by atoms with Crippen molar-refractivity contribution in [2.75, 3.05) is 36.2 Å². The Morgan fingerprint density at radius 2 is 1.60 bits per heavy atom. The van der Waals surface area contributed by atoms with Crippen molar-refractivity contribution in [1.82, 2.24) is 0 Å². The second-order valence-electron chi connectivity index (χ2n) is 7.09. The number of benzene rings is 2. The van der Waals surface area contributed by atoms with Crippen LogP contribution in [-0.2, 0) is 19.6 Å². The maximum atomic E-state index is 12.9. The van der Waals surface area contributed by atoms with Crippen LogP contribution >= 0.6 is 0 Å². The summed E-state index contributed by atoms with van der Waals surface area (Å²) >= 11 is 0. The minimum atomic E-state index is -3.79. The van der Waals surface area contributed by atoms with Crippen molar-refractivity contribution in [2.24, 2.45) is 10.2 Å². The van der Waals surface area contributed by atoms with Crippen LogP contribution < -0.4 is 15.0 Å². The Balaban J connectivity index is 1.53. The molecule has 156 valence electrons. The molecular formula is C21H22N4O4S. The van der Waals surface area contributed by atoms with Crippen LogP contribution in [0.15, 0.2) is 64.1 Å². The van der Waals surface area contributed by atoms with E-state index in [2.05, 4.69) is 10.0 Å². The van der Waals surface area contributed by atoms with Gasteiger partial charge in [0.15, 0.2) is 0 Å². The molecule has 0 atom stereocenters. The molecule has 0 aromatic heterocycles. The average molecular weight is 426 g/mol. The molecule has 1 amide bonds. The van der Waals surface area contributed by atoms with E-state index in [-0.39, 0.29) is 10.8 Å². The van der Waals surface area contributed by atoms with Gasteiger partial charge in [0.25, 0.3) is 5.91 Å². The zero-order valence-electron chi connectivity index (χ0n) is 16.5. The fourth-order valence-corrected chi connectivity index (χ4v) is 3.92. The molecule has 0 saturated carbocycles. The summed E-state index contributed by atoms with van der Waals surface area (Å²) in [5.41, 5.74) is 3.58. The fourth-order valence-electron chi connectivity index (χ4n) is 3.41.